The zero-order chi connectivity index (χ0) is 11.4. The fourth-order valence-electron chi connectivity index (χ4n) is 2.81. The molecule has 2 fully saturated rings. The minimum absolute atomic E-state index is 0.0367. The van der Waals surface area contributed by atoms with Crippen LogP contribution in [-0.2, 0) is 4.79 Å². The van der Waals surface area contributed by atoms with Crippen molar-refractivity contribution in [1.82, 2.24) is 10.6 Å². The highest BCUT2D eigenvalue weighted by atomic mass is 16.3. The Hall–Kier alpha value is -0.610. The highest BCUT2D eigenvalue weighted by Crippen LogP contribution is 2.28. The van der Waals surface area contributed by atoms with Crippen molar-refractivity contribution < 1.29 is 9.90 Å². The molecule has 0 aromatic carbocycles. The summed E-state index contributed by atoms with van der Waals surface area (Å²) in [6.45, 7) is 1.01. The molecule has 0 radical (unpaired) electrons. The van der Waals surface area contributed by atoms with Crippen LogP contribution < -0.4 is 10.6 Å². The number of carbonyl (C=O) groups excluding carboxylic acids is 1. The maximum atomic E-state index is 12.0. The van der Waals surface area contributed by atoms with E-state index in [0.29, 0.717) is 0 Å². The van der Waals surface area contributed by atoms with Gasteiger partial charge in [-0.2, -0.15) is 0 Å². The number of rotatable bonds is 3. The average molecular weight is 226 g/mol. The molecule has 4 heteroatoms. The van der Waals surface area contributed by atoms with Gasteiger partial charge in [0.15, 0.2) is 0 Å². The molecule has 0 bridgehead atoms. The zero-order valence-corrected chi connectivity index (χ0v) is 9.80. The van der Waals surface area contributed by atoms with E-state index >= 15 is 0 Å². The Morgan fingerprint density at radius 2 is 2.06 bits per heavy atom. The minimum atomic E-state index is -0.334. The van der Waals surface area contributed by atoms with Crippen molar-refractivity contribution >= 4 is 5.91 Å². The summed E-state index contributed by atoms with van der Waals surface area (Å²) in [5.74, 6) is 0.0773. The summed E-state index contributed by atoms with van der Waals surface area (Å²) in [6, 6.07) is -0.0367. The molecule has 0 aromatic heterocycles. The van der Waals surface area contributed by atoms with Crippen LogP contribution >= 0.6 is 0 Å². The molecular formula is C12H22N2O2. The van der Waals surface area contributed by atoms with E-state index in [-0.39, 0.29) is 24.1 Å². The summed E-state index contributed by atoms with van der Waals surface area (Å²) in [7, 11) is 0. The van der Waals surface area contributed by atoms with Crippen molar-refractivity contribution in [1.29, 1.82) is 0 Å². The molecule has 3 N–H and O–H groups in total. The van der Waals surface area contributed by atoms with Crippen LogP contribution in [0.5, 0.6) is 0 Å². The Bertz CT molecular complexity index is 243. The lowest BCUT2D eigenvalue weighted by Gasteiger charge is -2.37. The largest absolute Gasteiger partial charge is 0.394 e. The Morgan fingerprint density at radius 3 is 2.62 bits per heavy atom. The molecule has 16 heavy (non-hydrogen) atoms. The third kappa shape index (κ3) is 2.55. The lowest BCUT2D eigenvalue weighted by Crippen LogP contribution is -2.56. The molecule has 1 saturated carbocycles. The van der Waals surface area contributed by atoms with E-state index < -0.39 is 0 Å². The summed E-state index contributed by atoms with van der Waals surface area (Å²) in [5.41, 5.74) is -0.334. The van der Waals surface area contributed by atoms with Gasteiger partial charge in [0.25, 0.3) is 0 Å². The van der Waals surface area contributed by atoms with Crippen molar-refractivity contribution in [3.05, 3.63) is 0 Å². The molecule has 4 nitrogen and oxygen atoms in total. The first-order valence-electron chi connectivity index (χ1n) is 6.42. The van der Waals surface area contributed by atoms with Gasteiger partial charge in [0.2, 0.25) is 5.91 Å². The first-order valence-corrected chi connectivity index (χ1v) is 6.42. The number of carbonyl (C=O) groups is 1. The third-order valence-electron chi connectivity index (χ3n) is 3.88. The second-order valence-corrected chi connectivity index (χ2v) is 5.14. The molecule has 1 aliphatic heterocycles. The van der Waals surface area contributed by atoms with Crippen molar-refractivity contribution in [2.75, 3.05) is 13.2 Å². The second-order valence-electron chi connectivity index (χ2n) is 5.14. The SMILES string of the molecule is O=C(NC1(CO)CCCCC1)[C@H]1CCCN1. The van der Waals surface area contributed by atoms with E-state index in [1.54, 1.807) is 0 Å². The molecule has 0 spiro atoms. The van der Waals surface area contributed by atoms with Crippen LogP contribution in [0.2, 0.25) is 0 Å². The molecule has 1 saturated heterocycles. The lowest BCUT2D eigenvalue weighted by molar-refractivity contribution is -0.125. The second kappa shape index (κ2) is 5.15. The van der Waals surface area contributed by atoms with E-state index in [4.69, 9.17) is 0 Å². The summed E-state index contributed by atoms with van der Waals surface area (Å²) >= 11 is 0. The molecule has 1 amide bonds. The van der Waals surface area contributed by atoms with Crippen molar-refractivity contribution in [3.8, 4) is 0 Å². The van der Waals surface area contributed by atoms with Crippen LogP contribution in [-0.4, -0.2) is 35.7 Å². The van der Waals surface area contributed by atoms with Gasteiger partial charge >= 0.3 is 0 Å². The molecule has 2 aliphatic rings. The minimum Gasteiger partial charge on any atom is -0.394 e. The van der Waals surface area contributed by atoms with Crippen molar-refractivity contribution in [3.63, 3.8) is 0 Å². The molecule has 2 rings (SSSR count). The molecular weight excluding hydrogens is 204 g/mol. The number of aliphatic hydroxyl groups is 1. The van der Waals surface area contributed by atoms with Gasteiger partial charge in [-0.25, -0.2) is 0 Å². The molecule has 1 atom stereocenters. The van der Waals surface area contributed by atoms with E-state index in [2.05, 4.69) is 10.6 Å². The van der Waals surface area contributed by atoms with Crippen LogP contribution in [0.4, 0.5) is 0 Å². The summed E-state index contributed by atoms with van der Waals surface area (Å²) < 4.78 is 0. The van der Waals surface area contributed by atoms with Crippen LogP contribution in [0.1, 0.15) is 44.9 Å². The predicted molar refractivity (Wildman–Crippen MR) is 62.1 cm³/mol. The van der Waals surface area contributed by atoms with Gasteiger partial charge in [-0.1, -0.05) is 19.3 Å². The number of hydrogen-bond acceptors (Lipinski definition) is 3. The van der Waals surface area contributed by atoms with E-state index in [0.717, 1.165) is 45.1 Å². The number of hydrogen-bond donors (Lipinski definition) is 3. The fraction of sp³-hybridized carbons (Fsp3) is 0.917. The molecule has 92 valence electrons. The molecule has 1 heterocycles. The van der Waals surface area contributed by atoms with Crippen molar-refractivity contribution in [2.24, 2.45) is 0 Å². The van der Waals surface area contributed by atoms with Gasteiger partial charge in [-0.05, 0) is 32.2 Å². The average Bonchev–Trinajstić information content (AvgIpc) is 2.84. The van der Waals surface area contributed by atoms with Crippen LogP contribution in [0, 0.1) is 0 Å². The first-order chi connectivity index (χ1) is 7.76. The summed E-state index contributed by atoms with van der Waals surface area (Å²) in [5, 5.41) is 15.8. The van der Waals surface area contributed by atoms with Gasteiger partial charge < -0.3 is 15.7 Å². The number of aliphatic hydroxyl groups excluding tert-OH is 1. The monoisotopic (exact) mass is 226 g/mol. The maximum absolute atomic E-state index is 12.0. The standard InChI is InChI=1S/C12H22N2O2/c15-9-12(6-2-1-3-7-12)14-11(16)10-5-4-8-13-10/h10,13,15H,1-9H2,(H,14,16)/t10-/m1/s1. The van der Waals surface area contributed by atoms with Gasteiger partial charge in [0.1, 0.15) is 0 Å². The van der Waals surface area contributed by atoms with Crippen molar-refractivity contribution in [2.45, 2.75) is 56.5 Å². The smallest absolute Gasteiger partial charge is 0.237 e. The Kier molecular flexibility index (Phi) is 3.82. The normalized spacial score (nSPS) is 28.9. The highest BCUT2D eigenvalue weighted by Gasteiger charge is 2.35. The first kappa shape index (κ1) is 11.9. The van der Waals surface area contributed by atoms with Gasteiger partial charge in [0.05, 0.1) is 18.2 Å². The molecule has 1 aliphatic carbocycles. The lowest BCUT2D eigenvalue weighted by atomic mass is 9.82. The number of amides is 1. The number of nitrogens with one attached hydrogen (secondary N) is 2. The quantitative estimate of drug-likeness (QED) is 0.658. The van der Waals surface area contributed by atoms with Gasteiger partial charge in [0, 0.05) is 0 Å². The Morgan fingerprint density at radius 1 is 1.31 bits per heavy atom. The molecule has 0 unspecified atom stereocenters. The third-order valence-corrected chi connectivity index (χ3v) is 3.88. The van der Waals surface area contributed by atoms with Crippen LogP contribution in [0.25, 0.3) is 0 Å². The van der Waals surface area contributed by atoms with E-state index in [9.17, 15) is 9.90 Å². The highest BCUT2D eigenvalue weighted by molar-refractivity contribution is 5.82. The van der Waals surface area contributed by atoms with Gasteiger partial charge in [-0.15, -0.1) is 0 Å². The maximum Gasteiger partial charge on any atom is 0.237 e. The Balaban J connectivity index is 1.91. The molecule has 0 aromatic rings. The zero-order valence-electron chi connectivity index (χ0n) is 9.80. The van der Waals surface area contributed by atoms with Gasteiger partial charge in [-0.3, -0.25) is 4.79 Å². The summed E-state index contributed by atoms with van der Waals surface area (Å²) in [4.78, 5) is 12.0. The van der Waals surface area contributed by atoms with Crippen LogP contribution in [0.15, 0.2) is 0 Å². The van der Waals surface area contributed by atoms with E-state index in [1.165, 1.54) is 6.42 Å². The fourth-order valence-corrected chi connectivity index (χ4v) is 2.81. The van der Waals surface area contributed by atoms with Crippen LogP contribution in [0.3, 0.4) is 0 Å². The van der Waals surface area contributed by atoms with E-state index in [1.807, 2.05) is 0 Å². The summed E-state index contributed by atoms with van der Waals surface area (Å²) in [6.07, 6.45) is 7.28. The Labute approximate surface area is 96.8 Å². The topological polar surface area (TPSA) is 61.4 Å². The predicted octanol–water partition coefficient (Wildman–Crippen LogP) is 0.550.